The number of carbonyl (C=O) groups is 1. The molecule has 0 fully saturated rings. The molecule has 0 heterocycles. The van der Waals surface area contributed by atoms with Crippen molar-refractivity contribution in [3.05, 3.63) is 65.7 Å². The Morgan fingerprint density at radius 2 is 1.61 bits per heavy atom. The Hall–Kier alpha value is -2.18. The highest BCUT2D eigenvalue weighted by Gasteiger charge is 2.35. The first-order valence-electron chi connectivity index (χ1n) is 10.4. The van der Waals surface area contributed by atoms with Crippen molar-refractivity contribution in [2.75, 3.05) is 26.9 Å². The maximum Gasteiger partial charge on any atom is 0.334 e. The molecule has 0 saturated carbocycles. The fourth-order valence-electron chi connectivity index (χ4n) is 3.17. The van der Waals surface area contributed by atoms with Gasteiger partial charge in [-0.3, -0.25) is 14.2 Å². The number of rotatable bonds is 15. The summed E-state index contributed by atoms with van der Waals surface area (Å²) in [5.41, 5.74) is 1.51. The van der Waals surface area contributed by atoms with Crippen LogP contribution < -0.4 is 4.74 Å². The first-order valence-corrected chi connectivity index (χ1v) is 12.1. The van der Waals surface area contributed by atoms with Gasteiger partial charge in [-0.2, -0.15) is 0 Å². The lowest BCUT2D eigenvalue weighted by atomic mass is 10.1. The second-order valence-corrected chi connectivity index (χ2v) is 9.20. The van der Waals surface area contributed by atoms with Crippen molar-refractivity contribution in [1.29, 1.82) is 0 Å². The molecule has 170 valence electrons. The third-order valence-electron chi connectivity index (χ3n) is 4.74. The lowest BCUT2D eigenvalue weighted by Crippen LogP contribution is -2.28. The van der Waals surface area contributed by atoms with Gasteiger partial charge in [-0.1, -0.05) is 42.5 Å². The van der Waals surface area contributed by atoms with Crippen LogP contribution in [0.4, 0.5) is 0 Å². The quantitative estimate of drug-likeness (QED) is 0.220. The van der Waals surface area contributed by atoms with E-state index in [1.165, 1.54) is 5.06 Å². The number of hydrogen-bond donors (Lipinski definition) is 0. The number of benzene rings is 2. The standard InChI is InChI=1S/C23H32NO6P/c1-4-29-31(26,30-5-2)23(17-20-11-13-22(27-3)14-12-20)15-16-24(19-25)28-18-21-9-7-6-8-10-21/h6-14,19,23H,4-5,15-18H2,1-3H3. The molecule has 0 bridgehead atoms. The number of ether oxygens (including phenoxy) is 1. The first kappa shape index (κ1) is 25.1. The third-order valence-corrected chi connectivity index (χ3v) is 7.31. The molecule has 2 aromatic carbocycles. The number of hydroxylamine groups is 2. The number of methoxy groups -OCH3 is 1. The van der Waals surface area contributed by atoms with Crippen molar-refractivity contribution < 1.29 is 28.0 Å². The molecule has 0 radical (unpaired) electrons. The number of amides is 1. The molecule has 0 aliphatic rings. The van der Waals surface area contributed by atoms with E-state index >= 15 is 0 Å². The maximum absolute atomic E-state index is 13.5. The molecule has 0 saturated heterocycles. The van der Waals surface area contributed by atoms with Gasteiger partial charge in [-0.15, -0.1) is 0 Å². The van der Waals surface area contributed by atoms with E-state index in [2.05, 4.69) is 0 Å². The van der Waals surface area contributed by atoms with Crippen molar-refractivity contribution in [1.82, 2.24) is 5.06 Å². The molecule has 0 aromatic heterocycles. The third kappa shape index (κ3) is 8.11. The Morgan fingerprint density at radius 3 is 2.16 bits per heavy atom. The van der Waals surface area contributed by atoms with Crippen molar-refractivity contribution >= 4 is 14.0 Å². The smallest absolute Gasteiger partial charge is 0.334 e. The normalized spacial score (nSPS) is 12.4. The maximum atomic E-state index is 13.5. The van der Waals surface area contributed by atoms with Gasteiger partial charge < -0.3 is 13.8 Å². The molecule has 7 nitrogen and oxygen atoms in total. The van der Waals surface area contributed by atoms with Gasteiger partial charge in [0.05, 0.1) is 26.0 Å². The van der Waals surface area contributed by atoms with Gasteiger partial charge in [-0.05, 0) is 49.9 Å². The van der Waals surface area contributed by atoms with Crippen molar-refractivity contribution in [2.45, 2.75) is 39.0 Å². The monoisotopic (exact) mass is 449 g/mol. The highest BCUT2D eigenvalue weighted by Crippen LogP contribution is 2.55. The second kappa shape index (κ2) is 13.3. The van der Waals surface area contributed by atoms with Crippen LogP contribution in [0.3, 0.4) is 0 Å². The predicted octanol–water partition coefficient (Wildman–Crippen LogP) is 4.85. The van der Waals surface area contributed by atoms with Crippen LogP contribution in [0.25, 0.3) is 0 Å². The van der Waals surface area contributed by atoms with Gasteiger partial charge in [0.15, 0.2) is 0 Å². The van der Waals surface area contributed by atoms with Gasteiger partial charge >= 0.3 is 7.60 Å². The Bertz CT molecular complexity index is 805. The number of hydrogen-bond acceptors (Lipinski definition) is 6. The highest BCUT2D eigenvalue weighted by atomic mass is 31.2. The van der Waals surface area contributed by atoms with Gasteiger partial charge in [-0.25, -0.2) is 5.06 Å². The van der Waals surface area contributed by atoms with Gasteiger partial charge in [0.2, 0.25) is 6.41 Å². The summed E-state index contributed by atoms with van der Waals surface area (Å²) in [5, 5.41) is 1.23. The average molecular weight is 449 g/mol. The van der Waals surface area contributed by atoms with Crippen LogP contribution in [0.15, 0.2) is 54.6 Å². The fraction of sp³-hybridized carbons (Fsp3) is 0.435. The molecule has 1 atom stereocenters. The molecule has 8 heteroatoms. The minimum atomic E-state index is -3.39. The van der Waals surface area contributed by atoms with E-state index in [0.717, 1.165) is 16.9 Å². The second-order valence-electron chi connectivity index (χ2n) is 6.88. The molecule has 0 N–H and O–H groups in total. The van der Waals surface area contributed by atoms with E-state index < -0.39 is 13.3 Å². The summed E-state index contributed by atoms with van der Waals surface area (Å²) in [7, 11) is -1.78. The summed E-state index contributed by atoms with van der Waals surface area (Å²) in [6.07, 6.45) is 1.52. The minimum Gasteiger partial charge on any atom is -0.497 e. The zero-order valence-corrected chi connectivity index (χ0v) is 19.3. The summed E-state index contributed by atoms with van der Waals surface area (Å²) in [6.45, 7) is 4.67. The summed E-state index contributed by atoms with van der Waals surface area (Å²) in [4.78, 5) is 17.1. The molecular weight excluding hydrogens is 417 g/mol. The van der Waals surface area contributed by atoms with E-state index in [1.807, 2.05) is 54.6 Å². The molecule has 1 unspecified atom stereocenters. The largest absolute Gasteiger partial charge is 0.497 e. The van der Waals surface area contributed by atoms with Crippen molar-refractivity contribution in [3.8, 4) is 5.75 Å². The molecule has 31 heavy (non-hydrogen) atoms. The summed E-state index contributed by atoms with van der Waals surface area (Å²) < 4.78 is 29.9. The zero-order valence-electron chi connectivity index (χ0n) is 18.4. The zero-order chi connectivity index (χ0) is 22.5. The molecular formula is C23H32NO6P. The van der Waals surface area contributed by atoms with Crippen LogP contribution in [-0.2, 0) is 36.3 Å². The van der Waals surface area contributed by atoms with E-state index in [0.29, 0.717) is 19.3 Å². The van der Waals surface area contributed by atoms with E-state index in [9.17, 15) is 9.36 Å². The van der Waals surface area contributed by atoms with E-state index in [4.69, 9.17) is 18.6 Å². The average Bonchev–Trinajstić information content (AvgIpc) is 2.79. The Morgan fingerprint density at radius 1 is 0.968 bits per heavy atom. The highest BCUT2D eigenvalue weighted by molar-refractivity contribution is 7.54. The van der Waals surface area contributed by atoms with Gasteiger partial charge in [0, 0.05) is 6.54 Å². The number of carbonyl (C=O) groups excluding carboxylic acids is 1. The van der Waals surface area contributed by atoms with Crippen molar-refractivity contribution in [3.63, 3.8) is 0 Å². The first-order chi connectivity index (χ1) is 15.0. The van der Waals surface area contributed by atoms with Gasteiger partial charge in [0.1, 0.15) is 12.4 Å². The van der Waals surface area contributed by atoms with Crippen LogP contribution in [0, 0.1) is 0 Å². The van der Waals surface area contributed by atoms with Crippen LogP contribution in [-0.4, -0.2) is 44.0 Å². The molecule has 0 spiro atoms. The summed E-state index contributed by atoms with van der Waals surface area (Å²) >= 11 is 0. The minimum absolute atomic E-state index is 0.265. The van der Waals surface area contributed by atoms with Crippen LogP contribution >= 0.6 is 7.60 Å². The van der Waals surface area contributed by atoms with Crippen molar-refractivity contribution in [2.24, 2.45) is 0 Å². The molecule has 1 amide bonds. The van der Waals surface area contributed by atoms with Crippen LogP contribution in [0.1, 0.15) is 31.4 Å². The molecule has 0 aliphatic heterocycles. The van der Waals surface area contributed by atoms with Crippen LogP contribution in [0.2, 0.25) is 0 Å². The fourth-order valence-corrected chi connectivity index (χ4v) is 5.25. The summed E-state index contributed by atoms with van der Waals surface area (Å²) in [5.74, 6) is 0.750. The van der Waals surface area contributed by atoms with E-state index in [1.54, 1.807) is 21.0 Å². The Balaban J connectivity index is 2.10. The topological polar surface area (TPSA) is 74.3 Å². The Labute approximate surface area is 184 Å². The summed E-state index contributed by atoms with van der Waals surface area (Å²) in [6, 6.07) is 17.2. The lowest BCUT2D eigenvalue weighted by molar-refractivity contribution is -0.177. The molecule has 2 rings (SSSR count). The van der Waals surface area contributed by atoms with Gasteiger partial charge in [0.25, 0.3) is 0 Å². The lowest BCUT2D eigenvalue weighted by Gasteiger charge is -2.28. The van der Waals surface area contributed by atoms with Crippen LogP contribution in [0.5, 0.6) is 5.75 Å². The molecule has 2 aromatic rings. The van der Waals surface area contributed by atoms with E-state index in [-0.39, 0.29) is 26.4 Å². The number of nitrogens with zero attached hydrogens (tertiary/aromatic N) is 1. The predicted molar refractivity (Wildman–Crippen MR) is 120 cm³/mol. The Kier molecular flexibility index (Phi) is 10.7. The molecule has 0 aliphatic carbocycles. The SMILES string of the molecule is CCOP(=O)(OCC)C(CCN(C=O)OCc1ccccc1)Cc1ccc(OC)cc1.